The topological polar surface area (TPSA) is 98.0 Å². The van der Waals surface area contributed by atoms with E-state index >= 15 is 0 Å². The lowest BCUT2D eigenvalue weighted by Gasteiger charge is -2.02. The van der Waals surface area contributed by atoms with Crippen molar-refractivity contribution in [1.29, 1.82) is 0 Å². The minimum absolute atomic E-state index is 0.0212. The van der Waals surface area contributed by atoms with Crippen LogP contribution in [0.25, 0.3) is 0 Å². The number of sulfone groups is 1. The fourth-order valence-electron chi connectivity index (χ4n) is 0.793. The maximum atomic E-state index is 10.8. The first-order valence-corrected chi connectivity index (χ1v) is 5.54. The van der Waals surface area contributed by atoms with E-state index in [9.17, 15) is 13.5 Å². The molecule has 0 amide bonds. The maximum Gasteiger partial charge on any atom is 0.204 e. The summed E-state index contributed by atoms with van der Waals surface area (Å²) in [6.07, 6.45) is -0.171. The van der Waals surface area contributed by atoms with Crippen molar-refractivity contribution in [3.63, 3.8) is 0 Å². The van der Waals surface area contributed by atoms with Crippen molar-refractivity contribution in [2.75, 3.05) is 12.0 Å². The van der Waals surface area contributed by atoms with Crippen LogP contribution in [0.5, 0.6) is 0 Å². The zero-order valence-electron chi connectivity index (χ0n) is 7.25. The number of aryl methyl sites for hydroxylation is 1. The molecule has 0 aliphatic heterocycles. The highest BCUT2D eigenvalue weighted by Crippen LogP contribution is 2.07. The fourth-order valence-corrected chi connectivity index (χ4v) is 1.52. The number of hydrogen-bond acceptors (Lipinski definition) is 6. The molecule has 13 heavy (non-hydrogen) atoms. The molecule has 0 bridgehead atoms. The lowest BCUT2D eigenvalue weighted by Crippen LogP contribution is -2.14. The fraction of sp³-hybridized carbons (Fsp3) is 0.800. The smallest absolute Gasteiger partial charge is 0.204 e. The van der Waals surface area contributed by atoms with Crippen molar-refractivity contribution in [2.45, 2.75) is 6.10 Å². The average Bonchev–Trinajstić information content (AvgIpc) is 2.31. The molecule has 0 spiro atoms. The second kappa shape index (κ2) is 3.38. The van der Waals surface area contributed by atoms with E-state index in [-0.39, 0.29) is 5.82 Å². The number of aliphatic hydroxyl groups excluding tert-OH is 1. The monoisotopic (exact) mass is 206 g/mol. The van der Waals surface area contributed by atoms with Crippen LogP contribution in [0.4, 0.5) is 0 Å². The van der Waals surface area contributed by atoms with Gasteiger partial charge in [0.15, 0.2) is 0 Å². The van der Waals surface area contributed by atoms with Crippen LogP contribution in [0, 0.1) is 0 Å². The number of hydrogen-bond donors (Lipinski definition) is 1. The normalized spacial score (nSPS) is 14.4. The van der Waals surface area contributed by atoms with E-state index in [4.69, 9.17) is 0 Å². The summed E-state index contributed by atoms with van der Waals surface area (Å²) in [6, 6.07) is 0. The highest BCUT2D eigenvalue weighted by atomic mass is 32.2. The second-order valence-corrected chi connectivity index (χ2v) is 4.93. The molecule has 0 aromatic carbocycles. The van der Waals surface area contributed by atoms with Crippen LogP contribution in [0.3, 0.4) is 0 Å². The Bertz CT molecular complexity index is 384. The number of tetrazole rings is 1. The molecular formula is C5H10N4O3S. The summed E-state index contributed by atoms with van der Waals surface area (Å²) in [5.41, 5.74) is 0. The molecule has 1 atom stereocenters. The van der Waals surface area contributed by atoms with Crippen molar-refractivity contribution < 1.29 is 13.5 Å². The minimum atomic E-state index is -3.23. The number of aromatic nitrogens is 4. The van der Waals surface area contributed by atoms with Gasteiger partial charge in [-0.15, -0.1) is 10.2 Å². The first-order valence-electron chi connectivity index (χ1n) is 3.48. The van der Waals surface area contributed by atoms with Crippen LogP contribution in [0.1, 0.15) is 11.9 Å². The Morgan fingerprint density at radius 2 is 2.23 bits per heavy atom. The summed E-state index contributed by atoms with van der Waals surface area (Å²) in [5.74, 6) is -0.369. The Hall–Kier alpha value is -1.02. The van der Waals surface area contributed by atoms with Gasteiger partial charge in [-0.2, -0.15) is 4.80 Å². The van der Waals surface area contributed by atoms with Crippen LogP contribution >= 0.6 is 0 Å². The summed E-state index contributed by atoms with van der Waals surface area (Å²) in [5, 5.41) is 19.9. The predicted molar refractivity (Wildman–Crippen MR) is 43.5 cm³/mol. The molecule has 0 radical (unpaired) electrons. The van der Waals surface area contributed by atoms with Crippen LogP contribution in [-0.2, 0) is 16.9 Å². The zero-order chi connectivity index (χ0) is 10.1. The summed E-state index contributed by atoms with van der Waals surface area (Å²) in [4.78, 5) is 1.15. The van der Waals surface area contributed by atoms with Gasteiger partial charge < -0.3 is 5.11 Å². The molecule has 0 aliphatic rings. The SMILES string of the molecule is Cn1nnc(C(O)CS(C)(=O)=O)n1. The van der Waals surface area contributed by atoms with Gasteiger partial charge >= 0.3 is 0 Å². The van der Waals surface area contributed by atoms with E-state index in [1.165, 1.54) is 7.05 Å². The third kappa shape index (κ3) is 3.07. The Labute approximate surface area is 75.3 Å². The lowest BCUT2D eigenvalue weighted by atomic mass is 10.4. The highest BCUT2D eigenvalue weighted by Gasteiger charge is 2.18. The van der Waals surface area contributed by atoms with Gasteiger partial charge in [0.1, 0.15) is 15.9 Å². The molecule has 1 unspecified atom stereocenters. The third-order valence-electron chi connectivity index (χ3n) is 1.28. The molecule has 1 aromatic heterocycles. The van der Waals surface area contributed by atoms with Crippen molar-refractivity contribution in [3.8, 4) is 0 Å². The molecule has 1 heterocycles. The van der Waals surface area contributed by atoms with E-state index in [1.54, 1.807) is 0 Å². The molecule has 8 heteroatoms. The summed E-state index contributed by atoms with van der Waals surface area (Å²) in [7, 11) is -1.70. The molecule has 0 aliphatic carbocycles. The van der Waals surface area contributed by atoms with Crippen LogP contribution in [0.2, 0.25) is 0 Å². The minimum Gasteiger partial charge on any atom is -0.384 e. The van der Waals surface area contributed by atoms with Gasteiger partial charge in [0, 0.05) is 6.26 Å². The molecule has 1 aromatic rings. The predicted octanol–water partition coefficient (Wildman–Crippen LogP) is -1.71. The summed E-state index contributed by atoms with van der Waals surface area (Å²) in [6.45, 7) is 0. The molecule has 1 N–H and O–H groups in total. The highest BCUT2D eigenvalue weighted by molar-refractivity contribution is 7.90. The van der Waals surface area contributed by atoms with E-state index in [0.29, 0.717) is 0 Å². The van der Waals surface area contributed by atoms with Gasteiger partial charge in [-0.05, 0) is 5.21 Å². The second-order valence-electron chi connectivity index (χ2n) is 2.75. The Balaban J connectivity index is 2.75. The van der Waals surface area contributed by atoms with E-state index in [0.717, 1.165) is 11.1 Å². The molecule has 1 rings (SSSR count). The van der Waals surface area contributed by atoms with E-state index in [2.05, 4.69) is 15.4 Å². The quantitative estimate of drug-likeness (QED) is 0.632. The first kappa shape index (κ1) is 10.1. The maximum absolute atomic E-state index is 10.8. The largest absolute Gasteiger partial charge is 0.384 e. The third-order valence-corrected chi connectivity index (χ3v) is 2.20. The van der Waals surface area contributed by atoms with E-state index in [1.807, 2.05) is 0 Å². The summed E-state index contributed by atoms with van der Waals surface area (Å²) >= 11 is 0. The summed E-state index contributed by atoms with van der Waals surface area (Å²) < 4.78 is 21.6. The Morgan fingerprint density at radius 3 is 2.62 bits per heavy atom. The van der Waals surface area contributed by atoms with Gasteiger partial charge in [-0.1, -0.05) is 0 Å². The Morgan fingerprint density at radius 1 is 1.62 bits per heavy atom. The molecular weight excluding hydrogens is 196 g/mol. The van der Waals surface area contributed by atoms with Gasteiger partial charge in [-0.25, -0.2) is 8.42 Å². The number of rotatable bonds is 3. The van der Waals surface area contributed by atoms with Crippen molar-refractivity contribution in [2.24, 2.45) is 7.05 Å². The number of aliphatic hydroxyl groups is 1. The average molecular weight is 206 g/mol. The van der Waals surface area contributed by atoms with Crippen molar-refractivity contribution in [3.05, 3.63) is 5.82 Å². The zero-order valence-corrected chi connectivity index (χ0v) is 8.06. The lowest BCUT2D eigenvalue weighted by molar-refractivity contribution is 0.191. The van der Waals surface area contributed by atoms with Gasteiger partial charge in [-0.3, -0.25) is 0 Å². The molecule has 74 valence electrons. The molecule has 0 fully saturated rings. The molecule has 7 nitrogen and oxygen atoms in total. The van der Waals surface area contributed by atoms with Crippen LogP contribution < -0.4 is 0 Å². The standard InChI is InChI=1S/C5H10N4O3S/c1-9-7-5(6-8-9)4(10)3-13(2,11)12/h4,10H,3H2,1-2H3. The van der Waals surface area contributed by atoms with Crippen LogP contribution in [-0.4, -0.2) is 45.7 Å². The molecule has 0 saturated carbocycles. The van der Waals surface area contributed by atoms with Crippen molar-refractivity contribution >= 4 is 9.84 Å². The first-order chi connectivity index (χ1) is 5.88. The van der Waals surface area contributed by atoms with Gasteiger partial charge in [0.05, 0.1) is 12.8 Å². The van der Waals surface area contributed by atoms with Crippen LogP contribution in [0.15, 0.2) is 0 Å². The van der Waals surface area contributed by atoms with Crippen molar-refractivity contribution in [1.82, 2.24) is 20.2 Å². The Kier molecular flexibility index (Phi) is 2.62. The van der Waals surface area contributed by atoms with Gasteiger partial charge in [0.2, 0.25) is 5.82 Å². The number of nitrogens with zero attached hydrogens (tertiary/aromatic N) is 4. The van der Waals surface area contributed by atoms with Gasteiger partial charge in [0.25, 0.3) is 0 Å². The molecule has 0 saturated heterocycles. The van der Waals surface area contributed by atoms with E-state index < -0.39 is 21.7 Å².